The van der Waals surface area contributed by atoms with Crippen molar-refractivity contribution in [3.63, 3.8) is 0 Å². The highest BCUT2D eigenvalue weighted by molar-refractivity contribution is 9.10. The van der Waals surface area contributed by atoms with E-state index in [1.807, 2.05) is 19.3 Å². The van der Waals surface area contributed by atoms with E-state index >= 15 is 0 Å². The number of halogens is 1. The molecule has 84 valence electrons. The molecule has 4 heteroatoms. The van der Waals surface area contributed by atoms with Gasteiger partial charge in [-0.15, -0.1) is 0 Å². The lowest BCUT2D eigenvalue weighted by Gasteiger charge is -2.10. The Labute approximate surface area is 99.4 Å². The molecule has 0 saturated heterocycles. The minimum absolute atomic E-state index is 0.505. The number of hydrogen-bond acceptors (Lipinski definition) is 3. The molecule has 1 aromatic heterocycles. The monoisotopic (exact) mass is 272 g/mol. The minimum Gasteiger partial charge on any atom is -0.377 e. The summed E-state index contributed by atoms with van der Waals surface area (Å²) in [6.07, 6.45) is 4.62. The zero-order valence-corrected chi connectivity index (χ0v) is 10.8. The molecule has 1 N–H and O–H groups in total. The van der Waals surface area contributed by atoms with Crippen molar-refractivity contribution in [2.45, 2.75) is 26.0 Å². The third-order valence-corrected chi connectivity index (χ3v) is 2.65. The van der Waals surface area contributed by atoms with Crippen LogP contribution in [0.25, 0.3) is 0 Å². The van der Waals surface area contributed by atoms with E-state index in [1.165, 1.54) is 0 Å². The van der Waals surface area contributed by atoms with E-state index in [1.54, 1.807) is 6.20 Å². The molecule has 0 fully saturated rings. The lowest BCUT2D eigenvalue weighted by molar-refractivity contribution is 0.113. The molecule has 0 saturated carbocycles. The van der Waals surface area contributed by atoms with Gasteiger partial charge in [0.15, 0.2) is 0 Å². The van der Waals surface area contributed by atoms with Gasteiger partial charge < -0.3 is 10.1 Å². The summed E-state index contributed by atoms with van der Waals surface area (Å²) in [4.78, 5) is 4.08. The molecule has 0 aromatic carbocycles. The van der Waals surface area contributed by atoms with E-state index in [9.17, 15) is 0 Å². The Hall–Kier alpha value is -0.450. The molecule has 1 heterocycles. The fourth-order valence-corrected chi connectivity index (χ4v) is 1.54. The van der Waals surface area contributed by atoms with Crippen molar-refractivity contribution in [3.8, 4) is 0 Å². The second-order valence-corrected chi connectivity index (χ2v) is 4.46. The van der Waals surface area contributed by atoms with Crippen molar-refractivity contribution >= 4 is 15.9 Å². The summed E-state index contributed by atoms with van der Waals surface area (Å²) in [6.45, 7) is 3.54. The Bertz CT molecular complexity index is 294. The summed E-state index contributed by atoms with van der Waals surface area (Å²) >= 11 is 3.38. The third kappa shape index (κ3) is 5.25. The van der Waals surface area contributed by atoms with Gasteiger partial charge in [0.1, 0.15) is 0 Å². The molecule has 1 unspecified atom stereocenters. The molecule has 1 aromatic rings. The first-order chi connectivity index (χ1) is 7.22. The SMILES string of the molecule is CNC(C)CCOCc1cncc(Br)c1. The largest absolute Gasteiger partial charge is 0.377 e. The molecule has 1 rings (SSSR count). The number of aromatic nitrogens is 1. The number of nitrogens with one attached hydrogen (secondary N) is 1. The number of nitrogens with zero attached hydrogens (tertiary/aromatic N) is 1. The highest BCUT2D eigenvalue weighted by Crippen LogP contribution is 2.10. The molecule has 0 radical (unpaired) electrons. The van der Waals surface area contributed by atoms with Gasteiger partial charge >= 0.3 is 0 Å². The van der Waals surface area contributed by atoms with Gasteiger partial charge in [0.25, 0.3) is 0 Å². The number of rotatable bonds is 6. The summed E-state index contributed by atoms with van der Waals surface area (Å²) in [7, 11) is 1.96. The minimum atomic E-state index is 0.505. The predicted molar refractivity (Wildman–Crippen MR) is 64.7 cm³/mol. The van der Waals surface area contributed by atoms with Gasteiger partial charge in [-0.3, -0.25) is 4.98 Å². The van der Waals surface area contributed by atoms with Crippen molar-refractivity contribution < 1.29 is 4.74 Å². The summed E-state index contributed by atoms with van der Waals surface area (Å²) < 4.78 is 6.54. The predicted octanol–water partition coefficient (Wildman–Crippen LogP) is 2.36. The maximum Gasteiger partial charge on any atom is 0.0732 e. The molecule has 1 atom stereocenters. The van der Waals surface area contributed by atoms with Gasteiger partial charge in [-0.05, 0) is 48.0 Å². The van der Waals surface area contributed by atoms with Crippen molar-refractivity contribution in [1.82, 2.24) is 10.3 Å². The van der Waals surface area contributed by atoms with Gasteiger partial charge in [0, 0.05) is 29.5 Å². The Morgan fingerprint density at radius 1 is 1.53 bits per heavy atom. The van der Waals surface area contributed by atoms with Crippen LogP contribution >= 0.6 is 15.9 Å². The normalized spacial score (nSPS) is 12.7. The average molecular weight is 273 g/mol. The Balaban J connectivity index is 2.20. The Kier molecular flexibility index (Phi) is 5.83. The van der Waals surface area contributed by atoms with Gasteiger partial charge in [-0.2, -0.15) is 0 Å². The van der Waals surface area contributed by atoms with Crippen LogP contribution in [-0.2, 0) is 11.3 Å². The molecule has 0 amide bonds. The molecular formula is C11H17BrN2O. The number of hydrogen-bond donors (Lipinski definition) is 1. The number of ether oxygens (including phenoxy) is 1. The van der Waals surface area contributed by atoms with Crippen LogP contribution in [0.15, 0.2) is 22.9 Å². The van der Waals surface area contributed by atoms with Crippen LogP contribution in [0.3, 0.4) is 0 Å². The zero-order valence-electron chi connectivity index (χ0n) is 9.16. The summed E-state index contributed by atoms with van der Waals surface area (Å²) in [6, 6.07) is 2.53. The standard InChI is InChI=1S/C11H17BrN2O/c1-9(13-2)3-4-15-8-10-5-11(12)7-14-6-10/h5-7,9,13H,3-4,8H2,1-2H3. The molecule has 0 aliphatic carbocycles. The Morgan fingerprint density at radius 2 is 2.33 bits per heavy atom. The summed E-state index contributed by atoms with van der Waals surface area (Å²) in [5.74, 6) is 0. The summed E-state index contributed by atoms with van der Waals surface area (Å²) in [5.41, 5.74) is 1.10. The van der Waals surface area contributed by atoms with Crippen LogP contribution in [0.1, 0.15) is 18.9 Å². The first-order valence-corrected chi connectivity index (χ1v) is 5.86. The van der Waals surface area contributed by atoms with Crippen molar-refractivity contribution in [2.24, 2.45) is 0 Å². The molecule has 0 aliphatic rings. The quantitative estimate of drug-likeness (QED) is 0.808. The molecule has 0 bridgehead atoms. The van der Waals surface area contributed by atoms with Crippen LogP contribution in [0.4, 0.5) is 0 Å². The molecule has 15 heavy (non-hydrogen) atoms. The van der Waals surface area contributed by atoms with Crippen molar-refractivity contribution in [2.75, 3.05) is 13.7 Å². The Morgan fingerprint density at radius 3 is 3.00 bits per heavy atom. The fraction of sp³-hybridized carbons (Fsp3) is 0.545. The van der Waals surface area contributed by atoms with Crippen LogP contribution in [0.2, 0.25) is 0 Å². The average Bonchev–Trinajstić information content (AvgIpc) is 2.24. The summed E-state index contributed by atoms with van der Waals surface area (Å²) in [5, 5.41) is 3.17. The molecule has 0 aliphatic heterocycles. The molecule has 0 spiro atoms. The van der Waals surface area contributed by atoms with Crippen LogP contribution in [-0.4, -0.2) is 24.7 Å². The molecule has 3 nitrogen and oxygen atoms in total. The van der Waals surface area contributed by atoms with Gasteiger partial charge in [-0.25, -0.2) is 0 Å². The second-order valence-electron chi connectivity index (χ2n) is 3.54. The van der Waals surface area contributed by atoms with Crippen LogP contribution in [0, 0.1) is 0 Å². The fourth-order valence-electron chi connectivity index (χ4n) is 1.13. The third-order valence-electron chi connectivity index (χ3n) is 2.22. The number of pyridine rings is 1. The topological polar surface area (TPSA) is 34.1 Å². The lowest BCUT2D eigenvalue weighted by atomic mass is 10.2. The maximum atomic E-state index is 5.55. The van der Waals surface area contributed by atoms with Crippen molar-refractivity contribution in [1.29, 1.82) is 0 Å². The van der Waals surface area contributed by atoms with E-state index in [2.05, 4.69) is 33.2 Å². The second kappa shape index (κ2) is 6.93. The highest BCUT2D eigenvalue weighted by Gasteiger charge is 1.98. The maximum absolute atomic E-state index is 5.55. The zero-order chi connectivity index (χ0) is 11.1. The van der Waals surface area contributed by atoms with E-state index in [4.69, 9.17) is 4.74 Å². The van der Waals surface area contributed by atoms with E-state index < -0.39 is 0 Å². The van der Waals surface area contributed by atoms with E-state index in [0.717, 1.165) is 23.1 Å². The van der Waals surface area contributed by atoms with Crippen LogP contribution < -0.4 is 5.32 Å². The van der Waals surface area contributed by atoms with Crippen LogP contribution in [0.5, 0.6) is 0 Å². The van der Waals surface area contributed by atoms with Gasteiger partial charge in [0.05, 0.1) is 6.61 Å². The van der Waals surface area contributed by atoms with Gasteiger partial charge in [0.2, 0.25) is 0 Å². The smallest absolute Gasteiger partial charge is 0.0732 e. The first kappa shape index (κ1) is 12.6. The molecular weight excluding hydrogens is 256 g/mol. The van der Waals surface area contributed by atoms with E-state index in [0.29, 0.717) is 12.6 Å². The van der Waals surface area contributed by atoms with E-state index in [-0.39, 0.29) is 0 Å². The lowest BCUT2D eigenvalue weighted by Crippen LogP contribution is -2.22. The van der Waals surface area contributed by atoms with Gasteiger partial charge in [-0.1, -0.05) is 0 Å². The van der Waals surface area contributed by atoms with Crippen molar-refractivity contribution in [3.05, 3.63) is 28.5 Å². The first-order valence-electron chi connectivity index (χ1n) is 5.07. The highest BCUT2D eigenvalue weighted by atomic mass is 79.9.